The number of nitrogens with one attached hydrogen (secondary N) is 2. The quantitative estimate of drug-likeness (QED) is 0.140. The maximum absolute atomic E-state index is 13.4. The van der Waals surface area contributed by atoms with Crippen molar-refractivity contribution in [1.82, 2.24) is 20.1 Å². The summed E-state index contributed by atoms with van der Waals surface area (Å²) < 4.78 is 18.2. The predicted octanol–water partition coefficient (Wildman–Crippen LogP) is 5.47. The van der Waals surface area contributed by atoms with E-state index in [1.807, 2.05) is 18.2 Å². The second kappa shape index (κ2) is 14.8. The molecule has 0 spiro atoms. The van der Waals surface area contributed by atoms with Crippen molar-refractivity contribution in [2.24, 2.45) is 0 Å². The van der Waals surface area contributed by atoms with Crippen molar-refractivity contribution in [2.75, 3.05) is 25.6 Å². The number of rotatable bonds is 13. The molecule has 1 atom stereocenters. The molecule has 5 rings (SSSR count). The van der Waals surface area contributed by atoms with Crippen LogP contribution >= 0.6 is 34.7 Å². The van der Waals surface area contributed by atoms with Gasteiger partial charge in [0.05, 0.1) is 36.8 Å². The summed E-state index contributed by atoms with van der Waals surface area (Å²) in [5.41, 5.74) is 2.06. The Morgan fingerprint density at radius 2 is 1.89 bits per heavy atom. The van der Waals surface area contributed by atoms with E-state index in [1.54, 1.807) is 55.9 Å². The van der Waals surface area contributed by atoms with Crippen LogP contribution in [0.5, 0.6) is 11.5 Å². The second-order valence-electron chi connectivity index (χ2n) is 9.96. The molecule has 236 valence electrons. The third-order valence-corrected chi connectivity index (χ3v) is 9.44. The van der Waals surface area contributed by atoms with Crippen molar-refractivity contribution in [3.63, 3.8) is 0 Å². The van der Waals surface area contributed by atoms with Crippen molar-refractivity contribution in [2.45, 2.75) is 50.1 Å². The first-order chi connectivity index (χ1) is 21.8. The molecule has 0 saturated carbocycles. The van der Waals surface area contributed by atoms with E-state index in [9.17, 15) is 14.4 Å². The van der Waals surface area contributed by atoms with Gasteiger partial charge in [0.25, 0.3) is 5.91 Å². The minimum absolute atomic E-state index is 0.0403. The average Bonchev–Trinajstić information content (AvgIpc) is 3.74. The summed E-state index contributed by atoms with van der Waals surface area (Å²) in [4.78, 5) is 39.9. The number of ether oxygens (including phenoxy) is 3. The Kier molecular flexibility index (Phi) is 10.6. The predicted molar refractivity (Wildman–Crippen MR) is 173 cm³/mol. The summed E-state index contributed by atoms with van der Waals surface area (Å²) in [7, 11) is 1.56. The maximum atomic E-state index is 13.4. The summed E-state index contributed by atoms with van der Waals surface area (Å²) in [6.07, 6.45) is 2.64. The molecule has 45 heavy (non-hydrogen) atoms. The number of benzene rings is 2. The molecule has 4 aromatic rings. The number of aromatic nitrogens is 3. The number of thioether (sulfide) groups is 1. The fraction of sp³-hybridized carbons (Fsp3) is 0.323. The molecule has 14 heteroatoms. The molecule has 0 bridgehead atoms. The van der Waals surface area contributed by atoms with Crippen LogP contribution in [0.25, 0.3) is 5.69 Å². The highest BCUT2D eigenvalue weighted by Crippen LogP contribution is 2.40. The van der Waals surface area contributed by atoms with Crippen LogP contribution in [-0.4, -0.2) is 58.1 Å². The van der Waals surface area contributed by atoms with E-state index in [2.05, 4.69) is 20.8 Å². The lowest BCUT2D eigenvalue weighted by molar-refractivity contribution is -0.123. The third kappa shape index (κ3) is 7.60. The number of fused-ring (bicyclic) bond motifs is 1. The van der Waals surface area contributed by atoms with Crippen LogP contribution in [-0.2, 0) is 33.7 Å². The molecule has 0 saturated heterocycles. The maximum Gasteiger partial charge on any atom is 0.341 e. The first kappa shape index (κ1) is 32.3. The highest BCUT2D eigenvalue weighted by molar-refractivity contribution is 8.00. The normalized spacial score (nSPS) is 12.7. The van der Waals surface area contributed by atoms with Crippen molar-refractivity contribution in [3.8, 4) is 17.2 Å². The summed E-state index contributed by atoms with van der Waals surface area (Å²) in [6, 6.07) is 14.0. The Morgan fingerprint density at radius 3 is 2.64 bits per heavy atom. The third-order valence-electron chi connectivity index (χ3n) is 6.94. The van der Waals surface area contributed by atoms with Gasteiger partial charge in [-0.1, -0.05) is 35.5 Å². The van der Waals surface area contributed by atoms with Crippen LogP contribution in [0.4, 0.5) is 5.00 Å². The summed E-state index contributed by atoms with van der Waals surface area (Å²) >= 11 is 8.53. The lowest BCUT2D eigenvalue weighted by Gasteiger charge is -2.16. The SMILES string of the molecule is CCOC(=O)c1c(NC(=O)[C@@H](C)Sc2nnc(CNC(=O)COc3ccc(Cl)cc3)n2-c2ccccc2OC)sc2c1CCC2. The van der Waals surface area contributed by atoms with E-state index < -0.39 is 11.2 Å². The molecule has 2 heterocycles. The second-order valence-corrected chi connectivity index (χ2v) is 12.8. The van der Waals surface area contributed by atoms with Gasteiger partial charge in [-0.15, -0.1) is 21.5 Å². The zero-order valence-electron chi connectivity index (χ0n) is 24.9. The molecule has 11 nitrogen and oxygen atoms in total. The van der Waals surface area contributed by atoms with Crippen LogP contribution in [0.3, 0.4) is 0 Å². The number of esters is 1. The number of aryl methyl sites for hydroxylation is 1. The Labute approximate surface area is 273 Å². The number of hydrogen-bond donors (Lipinski definition) is 2. The van der Waals surface area contributed by atoms with E-state index in [0.29, 0.717) is 43.8 Å². The molecule has 1 aliphatic carbocycles. The van der Waals surface area contributed by atoms with Gasteiger partial charge in [0.1, 0.15) is 16.5 Å². The Balaban J connectivity index is 1.32. The zero-order chi connectivity index (χ0) is 31.9. The van der Waals surface area contributed by atoms with Gasteiger partial charge >= 0.3 is 5.97 Å². The molecule has 2 N–H and O–H groups in total. The molecular weight excluding hydrogens is 638 g/mol. The number of thiophene rings is 1. The van der Waals surface area contributed by atoms with E-state index in [1.165, 1.54) is 23.1 Å². The fourth-order valence-electron chi connectivity index (χ4n) is 4.79. The van der Waals surface area contributed by atoms with Crippen LogP contribution < -0.4 is 20.1 Å². The van der Waals surface area contributed by atoms with Crippen molar-refractivity contribution in [3.05, 3.63) is 75.4 Å². The van der Waals surface area contributed by atoms with Gasteiger partial charge in [0, 0.05) is 9.90 Å². The van der Waals surface area contributed by atoms with Gasteiger partial charge < -0.3 is 24.8 Å². The Morgan fingerprint density at radius 1 is 1.11 bits per heavy atom. The molecular formula is C31H32ClN5O6S2. The first-order valence-electron chi connectivity index (χ1n) is 14.3. The number of halogens is 1. The molecule has 2 amide bonds. The van der Waals surface area contributed by atoms with Crippen molar-refractivity contribution in [1.29, 1.82) is 0 Å². The van der Waals surface area contributed by atoms with Crippen LogP contribution in [0.1, 0.15) is 46.9 Å². The Bertz CT molecular complexity index is 1690. The van der Waals surface area contributed by atoms with E-state index >= 15 is 0 Å². The number of para-hydroxylation sites is 2. The lowest BCUT2D eigenvalue weighted by atomic mass is 10.1. The van der Waals surface area contributed by atoms with E-state index in [4.69, 9.17) is 25.8 Å². The van der Waals surface area contributed by atoms with E-state index in [0.717, 1.165) is 29.7 Å². The number of amides is 2. The molecule has 0 fully saturated rings. The summed E-state index contributed by atoms with van der Waals surface area (Å²) in [5, 5.41) is 15.3. The Hall–Kier alpha value is -4.07. The first-order valence-corrected chi connectivity index (χ1v) is 16.4. The fourth-order valence-corrected chi connectivity index (χ4v) is 7.08. The monoisotopic (exact) mass is 669 g/mol. The van der Waals surface area contributed by atoms with Crippen LogP contribution in [0.2, 0.25) is 5.02 Å². The van der Waals surface area contributed by atoms with Gasteiger partial charge in [-0.05, 0) is 75.1 Å². The standard InChI is InChI=1S/C31H32ClN5O6S2/c1-4-42-30(40)27-21-8-7-11-24(21)45-29(27)34-28(39)18(2)44-31-36-35-25(37(31)22-9-5-6-10-23(22)41-3)16-33-26(38)17-43-20-14-12-19(32)13-15-20/h5-6,9-10,12-15,18H,4,7-8,11,16-17H2,1-3H3,(H,33,38)(H,34,39)/t18-/m1/s1. The van der Waals surface area contributed by atoms with Gasteiger partial charge in [-0.3, -0.25) is 14.2 Å². The lowest BCUT2D eigenvalue weighted by Crippen LogP contribution is -2.29. The number of methoxy groups -OCH3 is 1. The highest BCUT2D eigenvalue weighted by Gasteiger charge is 2.30. The number of nitrogens with zero attached hydrogens (tertiary/aromatic N) is 3. The highest BCUT2D eigenvalue weighted by atomic mass is 35.5. The van der Waals surface area contributed by atoms with Gasteiger partial charge in [-0.25, -0.2) is 4.79 Å². The molecule has 0 aliphatic heterocycles. The number of anilines is 1. The smallest absolute Gasteiger partial charge is 0.341 e. The molecule has 0 unspecified atom stereocenters. The molecule has 2 aromatic carbocycles. The van der Waals surface area contributed by atoms with Gasteiger partial charge in [0.2, 0.25) is 5.91 Å². The number of carbonyl (C=O) groups is 3. The largest absolute Gasteiger partial charge is 0.495 e. The number of hydrogen-bond acceptors (Lipinski definition) is 10. The minimum Gasteiger partial charge on any atom is -0.495 e. The van der Waals surface area contributed by atoms with E-state index in [-0.39, 0.29) is 31.6 Å². The average molecular weight is 670 g/mol. The van der Waals surface area contributed by atoms with Crippen molar-refractivity contribution < 1.29 is 28.6 Å². The van der Waals surface area contributed by atoms with Gasteiger partial charge in [0.15, 0.2) is 17.6 Å². The summed E-state index contributed by atoms with van der Waals surface area (Å²) in [5.74, 6) is 0.416. The summed E-state index contributed by atoms with van der Waals surface area (Å²) in [6.45, 7) is 3.60. The molecule has 2 aromatic heterocycles. The van der Waals surface area contributed by atoms with Crippen molar-refractivity contribution >= 4 is 57.5 Å². The molecule has 1 aliphatic rings. The number of carbonyl (C=O) groups excluding carboxylic acids is 3. The van der Waals surface area contributed by atoms with Crippen LogP contribution in [0, 0.1) is 0 Å². The zero-order valence-corrected chi connectivity index (χ0v) is 27.3. The topological polar surface area (TPSA) is 134 Å². The molecule has 0 radical (unpaired) electrons. The van der Waals surface area contributed by atoms with Crippen LogP contribution in [0.15, 0.2) is 53.7 Å². The van der Waals surface area contributed by atoms with Gasteiger partial charge in [-0.2, -0.15) is 0 Å². The minimum atomic E-state index is -0.620.